The molecule has 16 heavy (non-hydrogen) atoms. The van der Waals surface area contributed by atoms with E-state index in [2.05, 4.69) is 13.8 Å². The Morgan fingerprint density at radius 2 is 1.44 bits per heavy atom. The number of carbonyl (C=O) groups is 1. The van der Waals surface area contributed by atoms with Crippen LogP contribution in [0.4, 0.5) is 13.2 Å². The molecule has 0 aliphatic carbocycles. The Bertz CT molecular complexity index is 183. The minimum absolute atomic E-state index is 0.143. The quantitative estimate of drug-likeness (QED) is 0.707. The number of hydrogen-bond acceptors (Lipinski definition) is 1. The Hall–Kier alpha value is -0.190. The lowest BCUT2D eigenvalue weighted by Gasteiger charge is -2.15. The van der Waals surface area contributed by atoms with Crippen LogP contribution in [0.15, 0.2) is 0 Å². The lowest BCUT2D eigenvalue weighted by molar-refractivity contribution is -0.123. The zero-order chi connectivity index (χ0) is 13.4. The van der Waals surface area contributed by atoms with Crippen molar-refractivity contribution in [3.63, 3.8) is 0 Å². The van der Waals surface area contributed by atoms with Gasteiger partial charge in [-0.2, -0.15) is 13.2 Å². The molecular weight excluding hydrogens is 237 g/mol. The van der Waals surface area contributed by atoms with Gasteiger partial charge in [-0.15, -0.1) is 0 Å². The van der Waals surface area contributed by atoms with Gasteiger partial charge in [-0.25, -0.2) is 0 Å². The lowest BCUT2D eigenvalue weighted by atomic mass is 9.92. The molecule has 0 aromatic rings. The van der Waals surface area contributed by atoms with E-state index in [4.69, 9.17) is 0 Å². The average molecular weight is 259 g/mol. The van der Waals surface area contributed by atoms with Gasteiger partial charge < -0.3 is 0 Å². The van der Waals surface area contributed by atoms with Crippen LogP contribution in [0.5, 0.6) is 0 Å². The van der Waals surface area contributed by atoms with Gasteiger partial charge in [0.05, 0.1) is 0 Å². The second kappa shape index (κ2) is 8.90. The van der Waals surface area contributed by atoms with Gasteiger partial charge in [0.2, 0.25) is 0 Å². The average Bonchev–Trinajstić information content (AvgIpc) is 2.11. The molecule has 0 saturated carbocycles. The van der Waals surface area contributed by atoms with Gasteiger partial charge in [-0.3, -0.25) is 4.79 Å². The van der Waals surface area contributed by atoms with Crippen LogP contribution in [0.25, 0.3) is 0 Å². The smallest absolute Gasteiger partial charge is 0.294 e. The van der Waals surface area contributed by atoms with E-state index < -0.39 is 6.68 Å². The Balaban J connectivity index is 0. The lowest BCUT2D eigenvalue weighted by Crippen LogP contribution is -2.29. The van der Waals surface area contributed by atoms with E-state index in [1.807, 2.05) is 20.8 Å². The van der Waals surface area contributed by atoms with Crippen molar-refractivity contribution >= 4 is 16.7 Å². The van der Waals surface area contributed by atoms with Crippen LogP contribution in [-0.4, -0.2) is 29.7 Å². The predicted octanol–water partition coefficient (Wildman–Crippen LogP) is 3.44. The first kappa shape index (κ1) is 18.2. The molecule has 0 bridgehead atoms. The summed E-state index contributed by atoms with van der Waals surface area (Å²) in [7, 11) is 0.335. The molecule has 0 heterocycles. The van der Waals surface area contributed by atoms with Crippen molar-refractivity contribution in [1.29, 1.82) is 0 Å². The van der Waals surface area contributed by atoms with Gasteiger partial charge >= 0.3 is 6.68 Å². The van der Waals surface area contributed by atoms with E-state index in [0.29, 0.717) is 16.7 Å². The number of ketones is 1. The van der Waals surface area contributed by atoms with E-state index in [1.165, 1.54) is 0 Å². The molecule has 0 N–H and O–H groups in total. The summed E-state index contributed by atoms with van der Waals surface area (Å²) in [6, 6.07) is 0. The van der Waals surface area contributed by atoms with Crippen LogP contribution in [0.2, 0.25) is 0 Å². The van der Waals surface area contributed by atoms with Crippen LogP contribution in [0, 0.1) is 5.41 Å². The normalized spacial score (nSPS) is 11.4. The first-order chi connectivity index (χ1) is 7.15. The second-order valence-corrected chi connectivity index (χ2v) is 6.92. The van der Waals surface area contributed by atoms with E-state index in [1.54, 1.807) is 0 Å². The van der Waals surface area contributed by atoms with Crippen LogP contribution >= 0.6 is 0 Å². The molecule has 0 atom stereocenters. The van der Waals surface area contributed by atoms with Gasteiger partial charge in [0.1, 0.15) is 11.5 Å². The maximum Gasteiger partial charge on any atom is 0.379 e. The van der Waals surface area contributed by atoms with Crippen molar-refractivity contribution < 1.29 is 18.0 Å². The van der Waals surface area contributed by atoms with Crippen molar-refractivity contribution in [3.05, 3.63) is 0 Å². The summed E-state index contributed by atoms with van der Waals surface area (Å²) >= 11 is 0. The standard InChI is InChI=1S/C10H21OS.CHF3/c1-6-12(7-2)8-9(11)10(3,4)5;2-1(3)4/h6-8H2,1-5H3;1H/q+1;. The Kier molecular flexibility index (Phi) is 10.1. The van der Waals surface area contributed by atoms with Crippen molar-refractivity contribution in [2.75, 3.05) is 17.3 Å². The number of carbonyl (C=O) groups excluding carboxylic acids is 1. The molecular formula is C11H22F3OS+. The minimum atomic E-state index is -3.67. The van der Waals surface area contributed by atoms with Gasteiger partial charge in [-0.1, -0.05) is 20.8 Å². The Labute approximate surface area is 99.1 Å². The molecule has 0 amide bonds. The summed E-state index contributed by atoms with van der Waals surface area (Å²) in [4.78, 5) is 11.6. The molecule has 0 saturated heterocycles. The zero-order valence-electron chi connectivity index (χ0n) is 10.6. The van der Waals surface area contributed by atoms with Crippen molar-refractivity contribution in [3.8, 4) is 0 Å². The molecule has 0 spiro atoms. The molecule has 1 nitrogen and oxygen atoms in total. The summed E-state index contributed by atoms with van der Waals surface area (Å²) in [5.74, 6) is 3.50. The third-order valence-corrected chi connectivity index (χ3v) is 4.29. The highest BCUT2D eigenvalue weighted by Crippen LogP contribution is 2.16. The topological polar surface area (TPSA) is 17.1 Å². The fourth-order valence-electron chi connectivity index (χ4n) is 0.810. The highest BCUT2D eigenvalue weighted by molar-refractivity contribution is 7.97. The summed E-state index contributed by atoms with van der Waals surface area (Å²) in [6.45, 7) is 6.68. The minimum Gasteiger partial charge on any atom is -0.294 e. The van der Waals surface area contributed by atoms with E-state index in [9.17, 15) is 18.0 Å². The summed E-state index contributed by atoms with van der Waals surface area (Å²) in [6.07, 6.45) is 0. The third-order valence-electron chi connectivity index (χ3n) is 1.99. The SMILES string of the molecule is CC[S+](CC)CC(=O)C(C)(C)C.FC(F)F. The highest BCUT2D eigenvalue weighted by Gasteiger charge is 2.27. The summed E-state index contributed by atoms with van der Waals surface area (Å²) in [5.41, 5.74) is -0.143. The first-order valence-corrected chi connectivity index (χ1v) is 6.97. The van der Waals surface area contributed by atoms with Gasteiger partial charge in [0.15, 0.2) is 11.5 Å². The Morgan fingerprint density at radius 1 is 1.12 bits per heavy atom. The number of halogens is 3. The fraction of sp³-hybridized carbons (Fsp3) is 0.909. The number of alkyl halides is 3. The summed E-state index contributed by atoms with van der Waals surface area (Å²) < 4.78 is 29.0. The number of hydrogen-bond donors (Lipinski definition) is 0. The van der Waals surface area contributed by atoms with E-state index >= 15 is 0 Å². The maximum atomic E-state index is 11.6. The van der Waals surface area contributed by atoms with Crippen LogP contribution in [-0.2, 0) is 15.7 Å². The largest absolute Gasteiger partial charge is 0.379 e. The van der Waals surface area contributed by atoms with Gasteiger partial charge in [-0.05, 0) is 24.7 Å². The van der Waals surface area contributed by atoms with Crippen LogP contribution in [0.1, 0.15) is 34.6 Å². The molecule has 98 valence electrons. The zero-order valence-corrected chi connectivity index (χ0v) is 11.5. The highest BCUT2D eigenvalue weighted by atomic mass is 32.2. The molecule has 0 fully saturated rings. The molecule has 0 aromatic heterocycles. The van der Waals surface area contributed by atoms with E-state index in [0.717, 1.165) is 17.3 Å². The van der Waals surface area contributed by atoms with Crippen LogP contribution in [0.3, 0.4) is 0 Å². The third kappa shape index (κ3) is 11.9. The monoisotopic (exact) mass is 259 g/mol. The fourth-order valence-corrected chi connectivity index (χ4v) is 2.43. The van der Waals surface area contributed by atoms with E-state index in [-0.39, 0.29) is 5.41 Å². The van der Waals surface area contributed by atoms with Crippen molar-refractivity contribution in [1.82, 2.24) is 0 Å². The molecule has 0 aliphatic rings. The molecule has 0 unspecified atom stereocenters. The summed E-state index contributed by atoms with van der Waals surface area (Å²) in [5, 5.41) is 0. The first-order valence-electron chi connectivity index (χ1n) is 5.24. The second-order valence-electron chi connectivity index (χ2n) is 4.25. The molecule has 0 rings (SSSR count). The predicted molar refractivity (Wildman–Crippen MR) is 64.9 cm³/mol. The van der Waals surface area contributed by atoms with Crippen molar-refractivity contribution in [2.24, 2.45) is 5.41 Å². The number of Topliss-reactive ketones (excluding diaryl/α,β-unsaturated/α-hetero) is 1. The van der Waals surface area contributed by atoms with Gasteiger partial charge in [0.25, 0.3) is 0 Å². The van der Waals surface area contributed by atoms with Gasteiger partial charge in [0, 0.05) is 5.41 Å². The number of rotatable bonds is 4. The maximum absolute atomic E-state index is 11.6. The van der Waals surface area contributed by atoms with Crippen LogP contribution < -0.4 is 0 Å². The molecule has 0 aliphatic heterocycles. The van der Waals surface area contributed by atoms with Crippen molar-refractivity contribution in [2.45, 2.75) is 41.3 Å². The Morgan fingerprint density at radius 3 is 1.62 bits per heavy atom. The molecule has 5 heteroatoms. The molecule has 0 aromatic carbocycles. The molecule has 0 radical (unpaired) electrons.